The summed E-state index contributed by atoms with van der Waals surface area (Å²) < 4.78 is 5.14. The van der Waals surface area contributed by atoms with E-state index in [1.54, 1.807) is 18.9 Å². The Morgan fingerprint density at radius 2 is 1.91 bits per heavy atom. The summed E-state index contributed by atoms with van der Waals surface area (Å²) in [5.41, 5.74) is 2.99. The fourth-order valence-electron chi connectivity index (χ4n) is 2.14. The Morgan fingerprint density at radius 1 is 1.17 bits per heavy atom. The Hall–Kier alpha value is -2.27. The highest BCUT2D eigenvalue weighted by Crippen LogP contribution is 2.23. The van der Waals surface area contributed by atoms with Crippen LogP contribution in [0.15, 0.2) is 58.5 Å². The number of amidine groups is 1. The number of aliphatic imine (C=N–C) groups is 2. The van der Waals surface area contributed by atoms with Crippen LogP contribution in [0.4, 0.5) is 11.4 Å². The van der Waals surface area contributed by atoms with E-state index in [1.165, 1.54) is 0 Å². The molecule has 1 aliphatic rings. The van der Waals surface area contributed by atoms with E-state index >= 15 is 0 Å². The zero-order chi connectivity index (χ0) is 16.1. The smallest absolute Gasteiger partial charge is 0.161 e. The molecule has 0 radical (unpaired) electrons. The molecule has 0 aromatic heterocycles. The Bertz CT molecular complexity index is 708. The molecule has 0 fully saturated rings. The number of thioether (sulfide) groups is 1. The first-order valence-corrected chi connectivity index (χ1v) is 8.37. The van der Waals surface area contributed by atoms with Crippen LogP contribution in [0.2, 0.25) is 0 Å². The van der Waals surface area contributed by atoms with E-state index in [0.29, 0.717) is 5.25 Å². The number of hydrogen-bond acceptors (Lipinski definition) is 5. The molecule has 0 unspecified atom stereocenters. The van der Waals surface area contributed by atoms with Crippen molar-refractivity contribution in [2.75, 3.05) is 19.0 Å². The van der Waals surface area contributed by atoms with Crippen LogP contribution in [0.25, 0.3) is 0 Å². The summed E-state index contributed by atoms with van der Waals surface area (Å²) in [7, 11) is 1.66. The number of benzene rings is 2. The molecule has 1 N–H and O–H groups in total. The zero-order valence-electron chi connectivity index (χ0n) is 13.2. The summed E-state index contributed by atoms with van der Waals surface area (Å²) >= 11 is 1.77. The van der Waals surface area contributed by atoms with Crippen LogP contribution in [0.3, 0.4) is 0 Å². The maximum absolute atomic E-state index is 5.14. The number of nitrogens with zero attached hydrogens (tertiary/aromatic N) is 2. The quantitative estimate of drug-likeness (QED) is 0.850. The minimum absolute atomic E-state index is 0.561. The van der Waals surface area contributed by atoms with Crippen LogP contribution in [-0.2, 0) is 0 Å². The molecule has 2 aromatic carbocycles. The number of anilines is 1. The normalized spacial score (nSPS) is 17.3. The zero-order valence-corrected chi connectivity index (χ0v) is 14.0. The van der Waals surface area contributed by atoms with Crippen LogP contribution in [0, 0.1) is 0 Å². The average molecular weight is 325 g/mol. The molecule has 0 saturated heterocycles. The van der Waals surface area contributed by atoms with Gasteiger partial charge in [0.2, 0.25) is 0 Å². The minimum Gasteiger partial charge on any atom is -0.497 e. The Morgan fingerprint density at radius 3 is 2.52 bits per heavy atom. The number of nitrogens with one attached hydrogen (secondary N) is 1. The van der Waals surface area contributed by atoms with Gasteiger partial charge in [-0.1, -0.05) is 18.7 Å². The highest BCUT2D eigenvalue weighted by Gasteiger charge is 2.14. The first-order valence-electron chi connectivity index (χ1n) is 7.49. The van der Waals surface area contributed by atoms with Crippen LogP contribution in [0.1, 0.15) is 12.5 Å². The van der Waals surface area contributed by atoms with Gasteiger partial charge in [0, 0.05) is 17.2 Å². The van der Waals surface area contributed by atoms with Crippen LogP contribution in [-0.4, -0.2) is 30.3 Å². The molecule has 0 amide bonds. The lowest BCUT2D eigenvalue weighted by molar-refractivity contribution is 0.415. The molecule has 1 heterocycles. The first kappa shape index (κ1) is 15.6. The fourth-order valence-corrected chi connectivity index (χ4v) is 2.99. The summed E-state index contributed by atoms with van der Waals surface area (Å²) in [5, 5.41) is 4.89. The molecule has 5 heteroatoms. The van der Waals surface area contributed by atoms with Gasteiger partial charge in [0.05, 0.1) is 19.3 Å². The Labute approximate surface area is 140 Å². The van der Waals surface area contributed by atoms with Gasteiger partial charge in [-0.15, -0.1) is 0 Å². The molecule has 1 atom stereocenters. The van der Waals surface area contributed by atoms with Gasteiger partial charge in [-0.25, -0.2) is 0 Å². The van der Waals surface area contributed by atoms with Crippen molar-refractivity contribution in [2.45, 2.75) is 12.2 Å². The fraction of sp³-hybridized carbons (Fsp3) is 0.222. The molecule has 118 valence electrons. The Balaban J connectivity index is 1.61. The van der Waals surface area contributed by atoms with Crippen molar-refractivity contribution < 1.29 is 4.74 Å². The van der Waals surface area contributed by atoms with E-state index in [1.807, 2.05) is 54.7 Å². The second kappa shape index (κ2) is 7.33. The highest BCUT2D eigenvalue weighted by atomic mass is 32.2. The molecule has 1 aliphatic heterocycles. The average Bonchev–Trinajstić information content (AvgIpc) is 2.99. The molecule has 0 saturated carbocycles. The van der Waals surface area contributed by atoms with Gasteiger partial charge in [0.1, 0.15) is 5.75 Å². The third kappa shape index (κ3) is 4.36. The summed E-state index contributed by atoms with van der Waals surface area (Å²) in [6.45, 7) is 3.07. The van der Waals surface area contributed by atoms with Gasteiger partial charge >= 0.3 is 0 Å². The largest absolute Gasteiger partial charge is 0.497 e. The van der Waals surface area contributed by atoms with Gasteiger partial charge in [-0.3, -0.25) is 9.98 Å². The lowest BCUT2D eigenvalue weighted by Gasteiger charge is -2.06. The molecular weight excluding hydrogens is 306 g/mol. The third-order valence-electron chi connectivity index (χ3n) is 3.40. The van der Waals surface area contributed by atoms with Crippen molar-refractivity contribution in [3.05, 3.63) is 54.1 Å². The molecule has 2 aromatic rings. The van der Waals surface area contributed by atoms with Crippen molar-refractivity contribution in [3.63, 3.8) is 0 Å². The number of rotatable bonds is 4. The van der Waals surface area contributed by atoms with E-state index in [0.717, 1.165) is 34.4 Å². The van der Waals surface area contributed by atoms with Crippen molar-refractivity contribution in [2.24, 2.45) is 9.98 Å². The molecule has 4 nitrogen and oxygen atoms in total. The van der Waals surface area contributed by atoms with Crippen LogP contribution in [0.5, 0.6) is 5.75 Å². The second-order valence-corrected chi connectivity index (χ2v) is 6.70. The van der Waals surface area contributed by atoms with Crippen molar-refractivity contribution in [1.29, 1.82) is 0 Å². The van der Waals surface area contributed by atoms with E-state index in [2.05, 4.69) is 22.2 Å². The monoisotopic (exact) mass is 325 g/mol. The van der Waals surface area contributed by atoms with E-state index < -0.39 is 0 Å². The van der Waals surface area contributed by atoms with E-state index in [9.17, 15) is 0 Å². The van der Waals surface area contributed by atoms with Gasteiger partial charge in [0.25, 0.3) is 0 Å². The maximum Gasteiger partial charge on any atom is 0.161 e. The summed E-state index contributed by atoms with van der Waals surface area (Å²) in [6, 6.07) is 15.8. The maximum atomic E-state index is 5.14. The van der Waals surface area contributed by atoms with Gasteiger partial charge in [0.15, 0.2) is 5.17 Å². The van der Waals surface area contributed by atoms with Crippen LogP contribution >= 0.6 is 11.8 Å². The van der Waals surface area contributed by atoms with Gasteiger partial charge in [-0.05, 0) is 54.1 Å². The molecule has 3 rings (SSSR count). The van der Waals surface area contributed by atoms with E-state index in [-0.39, 0.29) is 0 Å². The molecule has 0 bridgehead atoms. The number of ether oxygens (including phenoxy) is 1. The number of methoxy groups -OCH3 is 1. The molecular formula is C18H19N3OS. The SMILES string of the molecule is COc1ccc(C=Nc2ccc(NC3=NC[C@H](C)S3)cc2)cc1. The molecule has 0 aliphatic carbocycles. The van der Waals surface area contributed by atoms with Crippen LogP contribution < -0.4 is 10.1 Å². The Kier molecular flexibility index (Phi) is 4.98. The summed E-state index contributed by atoms with van der Waals surface area (Å²) in [6.07, 6.45) is 1.85. The third-order valence-corrected chi connectivity index (χ3v) is 4.41. The first-order chi connectivity index (χ1) is 11.2. The molecule has 23 heavy (non-hydrogen) atoms. The predicted molar refractivity (Wildman–Crippen MR) is 99.7 cm³/mol. The lowest BCUT2D eigenvalue weighted by Crippen LogP contribution is -2.05. The van der Waals surface area contributed by atoms with Crippen molar-refractivity contribution in [3.8, 4) is 5.75 Å². The molecule has 0 spiro atoms. The lowest BCUT2D eigenvalue weighted by atomic mass is 10.2. The van der Waals surface area contributed by atoms with Gasteiger partial charge in [-0.2, -0.15) is 0 Å². The van der Waals surface area contributed by atoms with Gasteiger partial charge < -0.3 is 10.1 Å². The van der Waals surface area contributed by atoms with Crippen molar-refractivity contribution in [1.82, 2.24) is 0 Å². The minimum atomic E-state index is 0.561. The standard InChI is InChI=1S/C18H19N3OS/c1-13-11-20-18(23-13)21-16-7-5-15(6-8-16)19-12-14-3-9-17(22-2)10-4-14/h3-10,12-13H,11H2,1-2H3,(H,20,21)/t13-/m0/s1. The summed E-state index contributed by atoms with van der Waals surface area (Å²) in [5.74, 6) is 0.847. The van der Waals surface area contributed by atoms with E-state index in [4.69, 9.17) is 4.74 Å². The second-order valence-electron chi connectivity index (χ2n) is 5.28. The summed E-state index contributed by atoms with van der Waals surface area (Å²) in [4.78, 5) is 8.94. The predicted octanol–water partition coefficient (Wildman–Crippen LogP) is 4.35. The van der Waals surface area contributed by atoms with Crippen molar-refractivity contribution >= 4 is 34.5 Å². The highest BCUT2D eigenvalue weighted by molar-refractivity contribution is 8.15. The number of hydrogen-bond donors (Lipinski definition) is 1. The topological polar surface area (TPSA) is 46.0 Å².